The van der Waals surface area contributed by atoms with Crippen LogP contribution in [0.2, 0.25) is 0 Å². The Morgan fingerprint density at radius 3 is 2.69 bits per heavy atom. The topological polar surface area (TPSA) is 98.8 Å². The first-order valence-electron chi connectivity index (χ1n) is 9.44. The van der Waals surface area contributed by atoms with Gasteiger partial charge in [0.25, 0.3) is 0 Å². The van der Waals surface area contributed by atoms with Crippen LogP contribution in [0.1, 0.15) is 36.8 Å². The average Bonchev–Trinajstić information content (AvgIpc) is 3.16. The Balaban J connectivity index is 1.52. The molecule has 3 aromatic rings. The molecule has 154 valence electrons. The Morgan fingerprint density at radius 2 is 1.93 bits per heavy atom. The lowest BCUT2D eigenvalue weighted by molar-refractivity contribution is -0.137. The predicted molar refractivity (Wildman–Crippen MR) is 102 cm³/mol. The third-order valence-corrected chi connectivity index (χ3v) is 5.03. The third-order valence-electron chi connectivity index (χ3n) is 5.03. The summed E-state index contributed by atoms with van der Waals surface area (Å²) >= 11 is 0. The molecule has 0 atom stereocenters. The molecule has 1 saturated carbocycles. The van der Waals surface area contributed by atoms with E-state index in [0.717, 1.165) is 37.8 Å². The van der Waals surface area contributed by atoms with Gasteiger partial charge in [-0.25, -0.2) is 4.98 Å². The van der Waals surface area contributed by atoms with Crippen molar-refractivity contribution in [3.63, 3.8) is 0 Å². The molecule has 1 aliphatic rings. The van der Waals surface area contributed by atoms with Gasteiger partial charge in [0.05, 0.1) is 18.0 Å². The van der Waals surface area contributed by atoms with Crippen molar-refractivity contribution in [3.8, 4) is 0 Å². The van der Waals surface area contributed by atoms with Crippen LogP contribution in [0.5, 0.6) is 0 Å². The van der Waals surface area contributed by atoms with E-state index >= 15 is 0 Å². The minimum atomic E-state index is -4.38. The van der Waals surface area contributed by atoms with Crippen LogP contribution in [-0.4, -0.2) is 37.2 Å². The second-order valence-electron chi connectivity index (χ2n) is 7.20. The van der Waals surface area contributed by atoms with Gasteiger partial charge in [0.15, 0.2) is 11.5 Å². The molecule has 2 heterocycles. The lowest BCUT2D eigenvalue weighted by atomic mass is 9.93. The first-order chi connectivity index (χ1) is 13.9. The van der Waals surface area contributed by atoms with Gasteiger partial charge in [-0.1, -0.05) is 12.1 Å². The molecule has 1 fully saturated rings. The van der Waals surface area contributed by atoms with Crippen molar-refractivity contribution in [2.45, 2.75) is 50.6 Å². The largest absolute Gasteiger partial charge is 0.416 e. The Hall–Kier alpha value is -2.88. The summed E-state index contributed by atoms with van der Waals surface area (Å²) in [5, 5.41) is 16.0. The van der Waals surface area contributed by atoms with Crippen LogP contribution >= 0.6 is 0 Å². The summed E-state index contributed by atoms with van der Waals surface area (Å²) in [5.41, 5.74) is 0.848. The number of fused-ring (bicyclic) bond motifs is 1. The van der Waals surface area contributed by atoms with E-state index in [-0.39, 0.29) is 18.7 Å². The van der Waals surface area contributed by atoms with E-state index in [0.29, 0.717) is 28.5 Å². The molecule has 2 aromatic heterocycles. The lowest BCUT2D eigenvalue weighted by Gasteiger charge is -2.26. The van der Waals surface area contributed by atoms with Gasteiger partial charge in [0.1, 0.15) is 5.52 Å². The number of alkyl halides is 3. The number of aromatic nitrogens is 4. The fourth-order valence-electron chi connectivity index (χ4n) is 3.47. The number of anilines is 2. The standard InChI is InChI=1S/C19H21F3N6O/c20-19(21,22)12-3-1-2-11(8-12)9-23-16-15-17(25-10-24-15)28-18(27-16)26-13-4-6-14(29)7-5-13/h1-3,8,10,13-14,29H,4-7,9H2,(H3,23,24,25,26,27,28). The second-order valence-corrected chi connectivity index (χ2v) is 7.20. The van der Waals surface area contributed by atoms with Crippen LogP contribution in [-0.2, 0) is 12.7 Å². The van der Waals surface area contributed by atoms with E-state index < -0.39 is 11.7 Å². The summed E-state index contributed by atoms with van der Waals surface area (Å²) in [6, 6.07) is 5.33. The summed E-state index contributed by atoms with van der Waals surface area (Å²) in [6.07, 6.45) is -0.0626. The highest BCUT2D eigenvalue weighted by Crippen LogP contribution is 2.30. The number of aliphatic hydroxyl groups excluding tert-OH is 1. The molecule has 1 aromatic carbocycles. The van der Waals surface area contributed by atoms with E-state index in [1.54, 1.807) is 6.07 Å². The highest BCUT2D eigenvalue weighted by molar-refractivity contribution is 5.83. The van der Waals surface area contributed by atoms with E-state index in [1.165, 1.54) is 12.4 Å². The lowest BCUT2D eigenvalue weighted by Crippen LogP contribution is -2.29. The number of hydrogen-bond donors (Lipinski definition) is 4. The van der Waals surface area contributed by atoms with Crippen molar-refractivity contribution in [3.05, 3.63) is 41.7 Å². The molecule has 0 aliphatic heterocycles. The molecule has 0 spiro atoms. The van der Waals surface area contributed by atoms with Gasteiger partial charge in [-0.05, 0) is 43.4 Å². The van der Waals surface area contributed by atoms with Crippen molar-refractivity contribution >= 4 is 22.9 Å². The van der Waals surface area contributed by atoms with Crippen LogP contribution in [0, 0.1) is 0 Å². The number of halogens is 3. The maximum atomic E-state index is 12.9. The fraction of sp³-hybridized carbons (Fsp3) is 0.421. The van der Waals surface area contributed by atoms with Crippen LogP contribution in [0.15, 0.2) is 30.6 Å². The zero-order valence-electron chi connectivity index (χ0n) is 15.5. The van der Waals surface area contributed by atoms with Gasteiger partial charge in [0, 0.05) is 12.6 Å². The Labute approximate surface area is 164 Å². The molecular weight excluding hydrogens is 385 g/mol. The second kappa shape index (κ2) is 7.86. The zero-order chi connectivity index (χ0) is 20.4. The van der Waals surface area contributed by atoms with E-state index in [2.05, 4.69) is 30.6 Å². The first-order valence-corrected chi connectivity index (χ1v) is 9.44. The fourth-order valence-corrected chi connectivity index (χ4v) is 3.47. The Bertz CT molecular complexity index is 981. The molecule has 0 bridgehead atoms. The average molecular weight is 406 g/mol. The van der Waals surface area contributed by atoms with Crippen molar-refractivity contribution < 1.29 is 18.3 Å². The van der Waals surface area contributed by atoms with Gasteiger partial charge in [-0.2, -0.15) is 23.1 Å². The molecule has 4 rings (SSSR count). The smallest absolute Gasteiger partial charge is 0.393 e. The predicted octanol–water partition coefficient (Wildman–Crippen LogP) is 3.70. The van der Waals surface area contributed by atoms with E-state index in [9.17, 15) is 18.3 Å². The van der Waals surface area contributed by atoms with Crippen molar-refractivity contribution in [2.24, 2.45) is 0 Å². The Kier molecular flexibility index (Phi) is 5.27. The number of aromatic amines is 1. The zero-order valence-corrected chi connectivity index (χ0v) is 15.5. The molecule has 1 aliphatic carbocycles. The molecule has 0 radical (unpaired) electrons. The summed E-state index contributed by atoms with van der Waals surface area (Å²) in [6.45, 7) is 0.171. The number of hydrogen-bond acceptors (Lipinski definition) is 6. The normalized spacial score (nSPS) is 20.0. The van der Waals surface area contributed by atoms with Gasteiger partial charge < -0.3 is 20.7 Å². The van der Waals surface area contributed by atoms with E-state index in [1.807, 2.05) is 0 Å². The number of benzene rings is 1. The monoisotopic (exact) mass is 406 g/mol. The summed E-state index contributed by atoms with van der Waals surface area (Å²) in [7, 11) is 0. The quantitative estimate of drug-likeness (QED) is 0.516. The highest BCUT2D eigenvalue weighted by Gasteiger charge is 2.30. The van der Waals surface area contributed by atoms with Crippen molar-refractivity contribution in [2.75, 3.05) is 10.6 Å². The molecule has 0 amide bonds. The number of nitrogens with one attached hydrogen (secondary N) is 3. The number of nitrogens with zero attached hydrogens (tertiary/aromatic N) is 3. The minimum absolute atomic E-state index is 0.158. The summed E-state index contributed by atoms with van der Waals surface area (Å²) < 4.78 is 38.8. The van der Waals surface area contributed by atoms with Gasteiger partial charge in [0.2, 0.25) is 5.95 Å². The molecule has 0 saturated heterocycles. The van der Waals surface area contributed by atoms with Gasteiger partial charge in [-0.15, -0.1) is 0 Å². The Morgan fingerprint density at radius 1 is 1.14 bits per heavy atom. The maximum absolute atomic E-state index is 12.9. The van der Waals surface area contributed by atoms with Crippen LogP contribution < -0.4 is 10.6 Å². The molecule has 0 unspecified atom stereocenters. The SMILES string of the molecule is OC1CCC(Nc2nc(NCc3cccc(C(F)(F)F)c3)c3[nH]cnc3n2)CC1. The number of aliphatic hydroxyl groups is 1. The molecule has 10 heteroatoms. The minimum Gasteiger partial charge on any atom is -0.393 e. The van der Waals surface area contributed by atoms with Crippen LogP contribution in [0.4, 0.5) is 24.9 Å². The molecule has 7 nitrogen and oxygen atoms in total. The van der Waals surface area contributed by atoms with Crippen molar-refractivity contribution in [1.82, 2.24) is 19.9 Å². The number of imidazole rings is 1. The van der Waals surface area contributed by atoms with Crippen LogP contribution in [0.25, 0.3) is 11.2 Å². The van der Waals surface area contributed by atoms with Crippen molar-refractivity contribution in [1.29, 1.82) is 0 Å². The van der Waals surface area contributed by atoms with Gasteiger partial charge >= 0.3 is 6.18 Å². The molecular formula is C19H21F3N6O. The van der Waals surface area contributed by atoms with Crippen LogP contribution in [0.3, 0.4) is 0 Å². The first kappa shape index (κ1) is 19.4. The molecule has 29 heavy (non-hydrogen) atoms. The maximum Gasteiger partial charge on any atom is 0.416 e. The van der Waals surface area contributed by atoms with Gasteiger partial charge in [-0.3, -0.25) is 0 Å². The third kappa shape index (κ3) is 4.58. The number of H-pyrrole nitrogens is 1. The molecule has 4 N–H and O–H groups in total. The van der Waals surface area contributed by atoms with E-state index in [4.69, 9.17) is 0 Å². The highest BCUT2D eigenvalue weighted by atomic mass is 19.4. The number of rotatable bonds is 5. The summed E-state index contributed by atoms with van der Waals surface area (Å²) in [5.74, 6) is 0.862. The summed E-state index contributed by atoms with van der Waals surface area (Å²) in [4.78, 5) is 16.0.